The molecule has 4 rings (SSSR count). The number of hydrogen-bond acceptors (Lipinski definition) is 4. The molecule has 0 bridgehead atoms. The summed E-state index contributed by atoms with van der Waals surface area (Å²) < 4.78 is 0. The van der Waals surface area contributed by atoms with Gasteiger partial charge in [-0.3, -0.25) is 4.79 Å². The van der Waals surface area contributed by atoms with Crippen LogP contribution in [0, 0.1) is 6.92 Å². The molecule has 1 amide bonds. The van der Waals surface area contributed by atoms with Crippen LogP contribution in [0.5, 0.6) is 0 Å². The van der Waals surface area contributed by atoms with Gasteiger partial charge < -0.3 is 11.5 Å². The lowest BCUT2D eigenvalue weighted by molar-refractivity contribution is -0.118. The number of nitrogens with two attached hydrogens (primary N) is 2. The molecule has 2 aliphatic rings. The Morgan fingerprint density at radius 2 is 1.92 bits per heavy atom. The van der Waals surface area contributed by atoms with E-state index in [4.69, 9.17) is 16.5 Å². The molecule has 4 nitrogen and oxygen atoms in total. The molecule has 5 heteroatoms. The van der Waals surface area contributed by atoms with Gasteiger partial charge in [0, 0.05) is 11.3 Å². The molecule has 0 radical (unpaired) electrons. The maximum atomic E-state index is 12.2. The van der Waals surface area contributed by atoms with E-state index < -0.39 is 10.8 Å². The molecule has 2 aromatic rings. The molecule has 1 aromatic heterocycles. The Morgan fingerprint density at radius 1 is 1.20 bits per heavy atom. The average molecular weight is 353 g/mol. The summed E-state index contributed by atoms with van der Waals surface area (Å²) in [5.41, 5.74) is 17.2. The molecule has 2 unspecified atom stereocenters. The van der Waals surface area contributed by atoms with Crippen molar-refractivity contribution in [1.29, 1.82) is 0 Å². The lowest BCUT2D eigenvalue weighted by Crippen LogP contribution is -2.50. The van der Waals surface area contributed by atoms with Crippen molar-refractivity contribution in [3.05, 3.63) is 58.3 Å². The summed E-state index contributed by atoms with van der Waals surface area (Å²) in [7, 11) is 0. The van der Waals surface area contributed by atoms with Crippen molar-refractivity contribution in [2.75, 3.05) is 0 Å². The third-order valence-corrected chi connectivity index (χ3v) is 6.77. The molecule has 25 heavy (non-hydrogen) atoms. The topological polar surface area (TPSA) is 82.0 Å². The second kappa shape index (κ2) is 6.15. The summed E-state index contributed by atoms with van der Waals surface area (Å²) in [5, 5.41) is 0.330. The van der Waals surface area contributed by atoms with E-state index in [1.807, 2.05) is 31.2 Å². The van der Waals surface area contributed by atoms with E-state index in [1.165, 1.54) is 42.3 Å². The summed E-state index contributed by atoms with van der Waals surface area (Å²) in [6.07, 6.45) is 5.64. The molecule has 2 heterocycles. The van der Waals surface area contributed by atoms with E-state index in [-0.39, 0.29) is 5.91 Å². The van der Waals surface area contributed by atoms with Crippen LogP contribution in [0.15, 0.2) is 35.4 Å². The molecule has 4 N–H and O–H groups in total. The molecule has 0 fully saturated rings. The highest BCUT2D eigenvalue weighted by Gasteiger charge is 2.50. The van der Waals surface area contributed by atoms with E-state index >= 15 is 0 Å². The van der Waals surface area contributed by atoms with Crippen molar-refractivity contribution in [1.82, 2.24) is 4.98 Å². The molecule has 1 aliphatic carbocycles. The van der Waals surface area contributed by atoms with Gasteiger partial charge in [-0.15, -0.1) is 0 Å². The number of carbonyl (C=O) groups is 1. The van der Waals surface area contributed by atoms with Crippen molar-refractivity contribution in [3.63, 3.8) is 0 Å². The Balaban J connectivity index is 1.89. The fraction of sp³-hybridized carbons (Fsp3) is 0.400. The Kier molecular flexibility index (Phi) is 4.08. The SMILES string of the molecule is Cc1ccc(C2(N)c3cc4c(nc3SC2C(N)=O)CCCCC4)cc1. The Labute approximate surface area is 152 Å². The van der Waals surface area contributed by atoms with Gasteiger partial charge >= 0.3 is 0 Å². The predicted octanol–water partition coefficient (Wildman–Crippen LogP) is 2.82. The van der Waals surface area contributed by atoms with Crippen LogP contribution in [0.1, 0.15) is 47.2 Å². The first-order valence-electron chi connectivity index (χ1n) is 8.85. The predicted molar refractivity (Wildman–Crippen MR) is 100 cm³/mol. The van der Waals surface area contributed by atoms with Gasteiger partial charge in [0.05, 0.1) is 5.54 Å². The smallest absolute Gasteiger partial charge is 0.233 e. The Bertz CT molecular complexity index is 834. The number of pyridine rings is 1. The van der Waals surface area contributed by atoms with Gasteiger partial charge in [-0.05, 0) is 49.8 Å². The van der Waals surface area contributed by atoms with Crippen molar-refractivity contribution in [3.8, 4) is 0 Å². The van der Waals surface area contributed by atoms with Gasteiger partial charge in [0.1, 0.15) is 10.3 Å². The molecule has 0 saturated carbocycles. The van der Waals surface area contributed by atoms with Crippen molar-refractivity contribution in [2.45, 2.75) is 54.8 Å². The molecular weight excluding hydrogens is 330 g/mol. The standard InChI is InChI=1S/C20H23N3OS/c1-12-7-9-14(10-8-12)20(22)15-11-13-5-3-2-4-6-16(13)23-19(15)25-17(20)18(21)24/h7-11,17H,2-6,22H2,1H3,(H2,21,24). The minimum Gasteiger partial charge on any atom is -0.369 e. The number of thioether (sulfide) groups is 1. The highest BCUT2D eigenvalue weighted by Crippen LogP contribution is 2.50. The van der Waals surface area contributed by atoms with Gasteiger partial charge in [-0.2, -0.15) is 0 Å². The number of fused-ring (bicyclic) bond motifs is 2. The largest absolute Gasteiger partial charge is 0.369 e. The highest BCUT2D eigenvalue weighted by molar-refractivity contribution is 8.01. The minimum atomic E-state index is -0.923. The van der Waals surface area contributed by atoms with Crippen LogP contribution in [-0.2, 0) is 23.2 Å². The van der Waals surface area contributed by atoms with E-state index in [0.717, 1.165) is 34.6 Å². The normalized spacial score (nSPS) is 25.1. The van der Waals surface area contributed by atoms with Crippen LogP contribution in [0.3, 0.4) is 0 Å². The number of aryl methyl sites for hydroxylation is 3. The molecule has 0 spiro atoms. The van der Waals surface area contributed by atoms with Crippen LogP contribution in [0.2, 0.25) is 0 Å². The molecule has 1 aromatic carbocycles. The van der Waals surface area contributed by atoms with Crippen LogP contribution >= 0.6 is 11.8 Å². The molecule has 2 atom stereocenters. The van der Waals surface area contributed by atoms with Crippen LogP contribution in [0.25, 0.3) is 0 Å². The maximum absolute atomic E-state index is 12.2. The van der Waals surface area contributed by atoms with Gasteiger partial charge in [-0.1, -0.05) is 48.0 Å². The first kappa shape index (κ1) is 16.6. The fourth-order valence-corrected chi connectivity index (χ4v) is 5.25. The first-order valence-corrected chi connectivity index (χ1v) is 9.73. The zero-order chi connectivity index (χ0) is 17.6. The number of carbonyl (C=O) groups excluding carboxylic acids is 1. The van der Waals surface area contributed by atoms with Crippen LogP contribution < -0.4 is 11.5 Å². The first-order chi connectivity index (χ1) is 12.0. The summed E-state index contributed by atoms with van der Waals surface area (Å²) in [6.45, 7) is 2.04. The van der Waals surface area contributed by atoms with Gasteiger partial charge in [0.15, 0.2) is 0 Å². The zero-order valence-electron chi connectivity index (χ0n) is 14.4. The summed E-state index contributed by atoms with van der Waals surface area (Å²) in [4.78, 5) is 17.1. The fourth-order valence-electron chi connectivity index (χ4n) is 3.94. The summed E-state index contributed by atoms with van der Waals surface area (Å²) >= 11 is 1.42. The van der Waals surface area contributed by atoms with Crippen molar-refractivity contribution >= 4 is 17.7 Å². The molecule has 0 saturated heterocycles. The molecular formula is C20H23N3OS. The maximum Gasteiger partial charge on any atom is 0.233 e. The lowest BCUT2D eigenvalue weighted by atomic mass is 9.80. The quantitative estimate of drug-likeness (QED) is 0.814. The second-order valence-corrected chi connectivity index (χ2v) is 8.24. The van der Waals surface area contributed by atoms with E-state index in [1.54, 1.807) is 0 Å². The van der Waals surface area contributed by atoms with Gasteiger partial charge in [0.25, 0.3) is 0 Å². The summed E-state index contributed by atoms with van der Waals surface area (Å²) in [5.74, 6) is -0.388. The van der Waals surface area contributed by atoms with Crippen LogP contribution in [0.4, 0.5) is 0 Å². The van der Waals surface area contributed by atoms with E-state index in [2.05, 4.69) is 6.07 Å². The lowest BCUT2D eigenvalue weighted by Gasteiger charge is -2.30. The number of amides is 1. The molecule has 130 valence electrons. The Hall–Kier alpha value is -1.85. The number of primary amides is 1. The number of hydrogen-bond donors (Lipinski definition) is 2. The average Bonchev–Trinajstić information content (AvgIpc) is 2.74. The number of rotatable bonds is 2. The van der Waals surface area contributed by atoms with E-state index in [0.29, 0.717) is 0 Å². The monoisotopic (exact) mass is 353 g/mol. The second-order valence-electron chi connectivity index (χ2n) is 7.14. The zero-order valence-corrected chi connectivity index (χ0v) is 15.2. The highest BCUT2D eigenvalue weighted by atomic mass is 32.2. The van der Waals surface area contributed by atoms with Gasteiger partial charge in [0.2, 0.25) is 5.91 Å². The molecule has 1 aliphatic heterocycles. The van der Waals surface area contributed by atoms with Crippen molar-refractivity contribution < 1.29 is 4.79 Å². The minimum absolute atomic E-state index is 0.388. The third-order valence-electron chi connectivity index (χ3n) is 5.39. The number of benzene rings is 1. The third kappa shape index (κ3) is 2.66. The van der Waals surface area contributed by atoms with E-state index in [9.17, 15) is 4.79 Å². The summed E-state index contributed by atoms with van der Waals surface area (Å²) in [6, 6.07) is 10.3. The van der Waals surface area contributed by atoms with Crippen LogP contribution in [-0.4, -0.2) is 16.1 Å². The van der Waals surface area contributed by atoms with Gasteiger partial charge in [-0.25, -0.2) is 4.98 Å². The van der Waals surface area contributed by atoms with Crippen molar-refractivity contribution in [2.24, 2.45) is 11.5 Å². The number of aromatic nitrogens is 1. The number of nitrogens with zero attached hydrogens (tertiary/aromatic N) is 1. The Morgan fingerprint density at radius 3 is 2.64 bits per heavy atom.